The van der Waals surface area contributed by atoms with E-state index >= 15 is 0 Å². The molecule has 0 bridgehead atoms. The molecule has 4 heteroatoms. The molecule has 2 rings (SSSR count). The van der Waals surface area contributed by atoms with E-state index in [1.165, 1.54) is 12.1 Å². The summed E-state index contributed by atoms with van der Waals surface area (Å²) >= 11 is 5.78. The molecule has 0 aliphatic heterocycles. The van der Waals surface area contributed by atoms with Gasteiger partial charge in [0.15, 0.2) is 5.78 Å². The van der Waals surface area contributed by atoms with Crippen molar-refractivity contribution in [3.05, 3.63) is 34.6 Å². The van der Waals surface area contributed by atoms with Gasteiger partial charge in [-0.1, -0.05) is 31.0 Å². The predicted molar refractivity (Wildman–Crippen MR) is 82.1 cm³/mol. The lowest BCUT2D eigenvalue weighted by Gasteiger charge is -2.38. The lowest BCUT2D eigenvalue weighted by Crippen LogP contribution is -2.46. The molecule has 2 atom stereocenters. The molecule has 1 saturated carbocycles. The van der Waals surface area contributed by atoms with E-state index in [0.717, 1.165) is 31.2 Å². The minimum absolute atomic E-state index is 0.0581. The molecular formula is C17H22ClFO2. The molecule has 0 radical (unpaired) electrons. The summed E-state index contributed by atoms with van der Waals surface area (Å²) in [4.78, 5) is 12.8. The van der Waals surface area contributed by atoms with Crippen molar-refractivity contribution in [3.63, 3.8) is 0 Å². The first-order valence-electron chi connectivity index (χ1n) is 7.58. The zero-order chi connectivity index (χ0) is 15.5. The van der Waals surface area contributed by atoms with Gasteiger partial charge >= 0.3 is 0 Å². The van der Waals surface area contributed by atoms with E-state index in [1.807, 2.05) is 6.92 Å². The van der Waals surface area contributed by atoms with E-state index in [1.54, 1.807) is 6.07 Å². The Balaban J connectivity index is 2.16. The molecule has 0 N–H and O–H groups in total. The Labute approximate surface area is 130 Å². The van der Waals surface area contributed by atoms with Crippen molar-refractivity contribution in [1.29, 1.82) is 0 Å². The third-order valence-corrected chi connectivity index (χ3v) is 4.52. The van der Waals surface area contributed by atoms with Crippen LogP contribution >= 0.6 is 11.6 Å². The van der Waals surface area contributed by atoms with Gasteiger partial charge in [-0.25, -0.2) is 4.39 Å². The Kier molecular flexibility index (Phi) is 5.39. The molecule has 2 nitrogen and oxygen atoms in total. The molecule has 0 aromatic heterocycles. The summed E-state index contributed by atoms with van der Waals surface area (Å²) in [6.07, 6.45) is 3.95. The van der Waals surface area contributed by atoms with Gasteiger partial charge in [-0.3, -0.25) is 4.79 Å². The number of Topliss-reactive ketones (excluding diaryl/α,β-unsaturated/α-hetero) is 1. The molecule has 0 heterocycles. The van der Waals surface area contributed by atoms with E-state index in [2.05, 4.69) is 6.92 Å². The largest absolute Gasteiger partial charge is 0.367 e. The highest BCUT2D eigenvalue weighted by Crippen LogP contribution is 2.36. The predicted octanol–water partition coefficient (Wildman–Crippen LogP) is 4.58. The van der Waals surface area contributed by atoms with Gasteiger partial charge in [0.25, 0.3) is 0 Å². The second-order valence-corrected chi connectivity index (χ2v) is 6.38. The van der Waals surface area contributed by atoms with Crippen LogP contribution in [0.25, 0.3) is 0 Å². The zero-order valence-electron chi connectivity index (χ0n) is 12.6. The Hall–Kier alpha value is -0.930. The Morgan fingerprint density at radius 2 is 2.29 bits per heavy atom. The highest BCUT2D eigenvalue weighted by atomic mass is 35.5. The summed E-state index contributed by atoms with van der Waals surface area (Å²) < 4.78 is 19.1. The van der Waals surface area contributed by atoms with Crippen molar-refractivity contribution in [3.8, 4) is 0 Å². The fourth-order valence-corrected chi connectivity index (χ4v) is 3.44. The fraction of sp³-hybridized carbons (Fsp3) is 0.588. The third-order valence-electron chi connectivity index (χ3n) is 4.23. The number of carbonyl (C=O) groups is 1. The summed E-state index contributed by atoms with van der Waals surface area (Å²) in [5, 5.41) is 0.0581. The number of ether oxygens (including phenoxy) is 1. The molecule has 1 aromatic carbocycles. The lowest BCUT2D eigenvalue weighted by atomic mass is 9.75. The number of hydrogen-bond donors (Lipinski definition) is 0. The number of halogens is 2. The number of benzene rings is 1. The normalized spacial score (nSPS) is 25.8. The number of hydrogen-bond acceptors (Lipinski definition) is 2. The second-order valence-electron chi connectivity index (χ2n) is 5.98. The maximum Gasteiger partial charge on any atom is 0.168 e. The van der Waals surface area contributed by atoms with Gasteiger partial charge < -0.3 is 4.74 Å². The minimum atomic E-state index is -0.673. The molecule has 21 heavy (non-hydrogen) atoms. The molecule has 2 unspecified atom stereocenters. The quantitative estimate of drug-likeness (QED) is 0.795. The molecule has 0 saturated heterocycles. The number of ketones is 1. The first-order chi connectivity index (χ1) is 9.97. The zero-order valence-corrected chi connectivity index (χ0v) is 13.4. The number of carbonyl (C=O) groups excluding carboxylic acids is 1. The Bertz CT molecular complexity index is 514. The monoisotopic (exact) mass is 312 g/mol. The first kappa shape index (κ1) is 16.4. The average molecular weight is 313 g/mol. The standard InChI is InChI=1S/C17H22ClFO2/c1-3-21-17(8-4-5-12(2)11-17)16(20)10-13-6-7-15(19)14(18)9-13/h6-7,9,12H,3-5,8,10-11H2,1-2H3. The fourth-order valence-electron chi connectivity index (χ4n) is 3.24. The van der Waals surface area contributed by atoms with Gasteiger partial charge in [0.05, 0.1) is 5.02 Å². The smallest absolute Gasteiger partial charge is 0.168 e. The maximum atomic E-state index is 13.2. The van der Waals surface area contributed by atoms with Crippen LogP contribution in [-0.2, 0) is 16.0 Å². The lowest BCUT2D eigenvalue weighted by molar-refractivity contribution is -0.150. The molecule has 0 amide bonds. The Morgan fingerprint density at radius 3 is 2.90 bits per heavy atom. The SMILES string of the molecule is CCOC1(C(=O)Cc2ccc(F)c(Cl)c2)CCCC(C)C1. The molecule has 1 aliphatic carbocycles. The van der Waals surface area contributed by atoms with E-state index in [0.29, 0.717) is 12.5 Å². The van der Waals surface area contributed by atoms with Crippen molar-refractivity contribution < 1.29 is 13.9 Å². The van der Waals surface area contributed by atoms with Gasteiger partial charge in [-0.05, 0) is 49.8 Å². The molecular weight excluding hydrogens is 291 g/mol. The molecule has 1 aliphatic rings. The third kappa shape index (κ3) is 3.83. The van der Waals surface area contributed by atoms with Crippen molar-refractivity contribution >= 4 is 17.4 Å². The van der Waals surface area contributed by atoms with Gasteiger partial charge in [0, 0.05) is 13.0 Å². The molecule has 1 fully saturated rings. The van der Waals surface area contributed by atoms with Crippen LogP contribution < -0.4 is 0 Å². The van der Waals surface area contributed by atoms with Crippen LogP contribution in [-0.4, -0.2) is 18.0 Å². The van der Waals surface area contributed by atoms with Crippen LogP contribution in [0, 0.1) is 11.7 Å². The Morgan fingerprint density at radius 1 is 1.52 bits per heavy atom. The first-order valence-corrected chi connectivity index (χ1v) is 7.96. The van der Waals surface area contributed by atoms with Crippen LogP contribution in [0.3, 0.4) is 0 Å². The van der Waals surface area contributed by atoms with Crippen LogP contribution in [0.1, 0.15) is 45.1 Å². The summed E-state index contributed by atoms with van der Waals surface area (Å²) in [5.41, 5.74) is 0.0662. The van der Waals surface area contributed by atoms with Gasteiger partial charge in [-0.2, -0.15) is 0 Å². The van der Waals surface area contributed by atoms with Crippen molar-refractivity contribution in [2.45, 2.75) is 51.6 Å². The van der Waals surface area contributed by atoms with Crippen LogP contribution in [0.5, 0.6) is 0 Å². The van der Waals surface area contributed by atoms with Crippen LogP contribution in [0.4, 0.5) is 4.39 Å². The highest BCUT2D eigenvalue weighted by molar-refractivity contribution is 6.30. The second kappa shape index (κ2) is 6.89. The molecule has 116 valence electrons. The van der Waals surface area contributed by atoms with Gasteiger partial charge in [-0.15, -0.1) is 0 Å². The number of rotatable bonds is 5. The van der Waals surface area contributed by atoms with Crippen molar-refractivity contribution in [2.75, 3.05) is 6.61 Å². The minimum Gasteiger partial charge on any atom is -0.367 e. The van der Waals surface area contributed by atoms with Crippen LogP contribution in [0.15, 0.2) is 18.2 Å². The highest BCUT2D eigenvalue weighted by Gasteiger charge is 2.41. The summed E-state index contributed by atoms with van der Waals surface area (Å²) in [5.74, 6) is 0.114. The van der Waals surface area contributed by atoms with Crippen LogP contribution in [0.2, 0.25) is 5.02 Å². The summed E-state index contributed by atoms with van der Waals surface area (Å²) in [6, 6.07) is 4.45. The molecule has 0 spiro atoms. The van der Waals surface area contributed by atoms with Crippen molar-refractivity contribution in [2.24, 2.45) is 5.92 Å². The maximum absolute atomic E-state index is 13.2. The molecule has 1 aromatic rings. The topological polar surface area (TPSA) is 26.3 Å². The van der Waals surface area contributed by atoms with Gasteiger partial charge in [0.1, 0.15) is 11.4 Å². The van der Waals surface area contributed by atoms with E-state index in [9.17, 15) is 9.18 Å². The van der Waals surface area contributed by atoms with E-state index < -0.39 is 11.4 Å². The average Bonchev–Trinajstić information content (AvgIpc) is 2.43. The summed E-state index contributed by atoms with van der Waals surface area (Å²) in [6.45, 7) is 4.61. The van der Waals surface area contributed by atoms with E-state index in [4.69, 9.17) is 16.3 Å². The van der Waals surface area contributed by atoms with Crippen molar-refractivity contribution in [1.82, 2.24) is 0 Å². The van der Waals surface area contributed by atoms with Gasteiger partial charge in [0.2, 0.25) is 0 Å². The summed E-state index contributed by atoms with van der Waals surface area (Å²) in [7, 11) is 0. The van der Waals surface area contributed by atoms with E-state index in [-0.39, 0.29) is 17.2 Å².